The SMILES string of the molecule is Cc1ccccc1C(c1ccccc1)c1c(O)ccoc1=O. The van der Waals surface area contributed by atoms with Crippen LogP contribution in [-0.2, 0) is 0 Å². The van der Waals surface area contributed by atoms with Gasteiger partial charge in [-0.05, 0) is 23.6 Å². The Balaban J connectivity index is 2.30. The van der Waals surface area contributed by atoms with Crippen LogP contribution in [0.5, 0.6) is 5.75 Å². The molecule has 2 aromatic carbocycles. The van der Waals surface area contributed by atoms with Gasteiger partial charge in [-0.2, -0.15) is 0 Å². The third-order valence-corrected chi connectivity index (χ3v) is 3.82. The zero-order chi connectivity index (χ0) is 15.5. The zero-order valence-electron chi connectivity index (χ0n) is 12.2. The fourth-order valence-corrected chi connectivity index (χ4v) is 2.74. The molecule has 0 saturated carbocycles. The van der Waals surface area contributed by atoms with Crippen molar-refractivity contribution in [3.8, 4) is 5.75 Å². The molecule has 3 nitrogen and oxygen atoms in total. The summed E-state index contributed by atoms with van der Waals surface area (Å²) in [5.41, 5.74) is 2.72. The maximum Gasteiger partial charge on any atom is 0.343 e. The highest BCUT2D eigenvalue weighted by atomic mass is 16.4. The van der Waals surface area contributed by atoms with Crippen molar-refractivity contribution in [3.63, 3.8) is 0 Å². The van der Waals surface area contributed by atoms with E-state index in [0.29, 0.717) is 0 Å². The highest BCUT2D eigenvalue weighted by Crippen LogP contribution is 2.35. The monoisotopic (exact) mass is 292 g/mol. The average Bonchev–Trinajstić information content (AvgIpc) is 2.53. The highest BCUT2D eigenvalue weighted by molar-refractivity contribution is 5.49. The van der Waals surface area contributed by atoms with Crippen LogP contribution in [0.3, 0.4) is 0 Å². The van der Waals surface area contributed by atoms with Crippen LogP contribution in [0.15, 0.2) is 76.1 Å². The first-order valence-electron chi connectivity index (χ1n) is 7.09. The fraction of sp³-hybridized carbons (Fsp3) is 0.105. The van der Waals surface area contributed by atoms with Gasteiger partial charge in [0.1, 0.15) is 5.75 Å². The number of aryl methyl sites for hydroxylation is 1. The zero-order valence-corrected chi connectivity index (χ0v) is 12.2. The number of rotatable bonds is 3. The summed E-state index contributed by atoms with van der Waals surface area (Å²) in [5.74, 6) is -0.409. The normalized spacial score (nSPS) is 12.0. The van der Waals surface area contributed by atoms with Crippen LogP contribution < -0.4 is 5.63 Å². The second-order valence-electron chi connectivity index (χ2n) is 5.21. The Labute approximate surface area is 128 Å². The van der Waals surface area contributed by atoms with Gasteiger partial charge in [0.15, 0.2) is 0 Å². The Morgan fingerprint density at radius 1 is 0.955 bits per heavy atom. The molecule has 1 aromatic heterocycles. The molecule has 1 N–H and O–H groups in total. The van der Waals surface area contributed by atoms with Crippen LogP contribution in [0.4, 0.5) is 0 Å². The molecule has 0 aliphatic heterocycles. The quantitative estimate of drug-likeness (QED) is 0.798. The molecule has 0 aliphatic carbocycles. The summed E-state index contributed by atoms with van der Waals surface area (Å²) in [6.07, 6.45) is 1.21. The summed E-state index contributed by atoms with van der Waals surface area (Å²) in [7, 11) is 0. The fourth-order valence-electron chi connectivity index (χ4n) is 2.74. The molecule has 0 saturated heterocycles. The molecule has 0 bridgehead atoms. The van der Waals surface area contributed by atoms with E-state index in [9.17, 15) is 9.90 Å². The van der Waals surface area contributed by atoms with Crippen molar-refractivity contribution >= 4 is 0 Å². The van der Waals surface area contributed by atoms with Crippen molar-refractivity contribution in [1.82, 2.24) is 0 Å². The summed E-state index contributed by atoms with van der Waals surface area (Å²) in [6.45, 7) is 1.99. The number of benzene rings is 2. The largest absolute Gasteiger partial charge is 0.507 e. The van der Waals surface area contributed by atoms with Gasteiger partial charge in [-0.1, -0.05) is 54.6 Å². The lowest BCUT2D eigenvalue weighted by atomic mass is 9.83. The van der Waals surface area contributed by atoms with Crippen molar-refractivity contribution in [2.75, 3.05) is 0 Å². The Kier molecular flexibility index (Phi) is 3.79. The van der Waals surface area contributed by atoms with Crippen molar-refractivity contribution in [2.24, 2.45) is 0 Å². The van der Waals surface area contributed by atoms with E-state index < -0.39 is 5.63 Å². The van der Waals surface area contributed by atoms with E-state index >= 15 is 0 Å². The third-order valence-electron chi connectivity index (χ3n) is 3.82. The molecule has 0 fully saturated rings. The van der Waals surface area contributed by atoms with E-state index in [1.54, 1.807) is 0 Å². The van der Waals surface area contributed by atoms with E-state index in [2.05, 4.69) is 0 Å². The Hall–Kier alpha value is -2.81. The van der Waals surface area contributed by atoms with Crippen LogP contribution in [-0.4, -0.2) is 5.11 Å². The summed E-state index contributed by atoms with van der Waals surface area (Å²) >= 11 is 0. The van der Waals surface area contributed by atoms with Gasteiger partial charge in [0.05, 0.1) is 11.8 Å². The first kappa shape index (κ1) is 14.1. The summed E-state index contributed by atoms with van der Waals surface area (Å²) in [4.78, 5) is 12.2. The van der Waals surface area contributed by atoms with E-state index in [4.69, 9.17) is 4.42 Å². The number of aromatic hydroxyl groups is 1. The lowest BCUT2D eigenvalue weighted by molar-refractivity contribution is 0.433. The van der Waals surface area contributed by atoms with Crippen LogP contribution >= 0.6 is 0 Å². The van der Waals surface area contributed by atoms with Gasteiger partial charge in [-0.3, -0.25) is 0 Å². The van der Waals surface area contributed by atoms with Gasteiger partial charge >= 0.3 is 5.63 Å². The molecule has 0 radical (unpaired) electrons. The topological polar surface area (TPSA) is 50.4 Å². The Morgan fingerprint density at radius 3 is 2.32 bits per heavy atom. The Bertz CT molecular complexity index is 835. The minimum Gasteiger partial charge on any atom is -0.507 e. The van der Waals surface area contributed by atoms with Crippen molar-refractivity contribution in [3.05, 3.63) is 99.6 Å². The second kappa shape index (κ2) is 5.90. The first-order chi connectivity index (χ1) is 10.7. The molecule has 0 spiro atoms. The average molecular weight is 292 g/mol. The minimum absolute atomic E-state index is 0.0478. The van der Waals surface area contributed by atoms with Crippen LogP contribution in [0.25, 0.3) is 0 Å². The van der Waals surface area contributed by atoms with Gasteiger partial charge in [0, 0.05) is 12.0 Å². The molecule has 1 heterocycles. The van der Waals surface area contributed by atoms with E-state index in [1.165, 1.54) is 12.3 Å². The molecule has 110 valence electrons. The maximum atomic E-state index is 12.2. The summed E-state index contributed by atoms with van der Waals surface area (Å²) < 4.78 is 4.99. The van der Waals surface area contributed by atoms with Crippen LogP contribution in [0.2, 0.25) is 0 Å². The van der Waals surface area contributed by atoms with Crippen LogP contribution in [0.1, 0.15) is 28.2 Å². The predicted molar refractivity (Wildman–Crippen MR) is 85.2 cm³/mol. The van der Waals surface area contributed by atoms with Crippen LogP contribution in [0, 0.1) is 6.92 Å². The number of hydrogen-bond acceptors (Lipinski definition) is 3. The molecule has 3 rings (SSSR count). The molecule has 22 heavy (non-hydrogen) atoms. The lowest BCUT2D eigenvalue weighted by Crippen LogP contribution is -2.15. The molecule has 3 aromatic rings. The van der Waals surface area contributed by atoms with E-state index in [1.807, 2.05) is 61.5 Å². The standard InChI is InChI=1S/C19H16O3/c1-13-7-5-6-10-15(13)17(14-8-3-2-4-9-14)18-16(20)11-12-22-19(18)21/h2-12,17,20H,1H3. The van der Waals surface area contributed by atoms with Gasteiger partial charge < -0.3 is 9.52 Å². The maximum absolute atomic E-state index is 12.2. The summed E-state index contributed by atoms with van der Waals surface area (Å²) in [6, 6.07) is 18.9. The van der Waals surface area contributed by atoms with Crippen molar-refractivity contribution in [1.29, 1.82) is 0 Å². The smallest absolute Gasteiger partial charge is 0.343 e. The second-order valence-corrected chi connectivity index (χ2v) is 5.21. The molecule has 0 aliphatic rings. The first-order valence-corrected chi connectivity index (χ1v) is 7.09. The van der Waals surface area contributed by atoms with Crippen molar-refractivity contribution in [2.45, 2.75) is 12.8 Å². The predicted octanol–water partition coefficient (Wildman–Crippen LogP) is 3.83. The minimum atomic E-state index is -0.517. The van der Waals surface area contributed by atoms with Gasteiger partial charge in [0.25, 0.3) is 0 Å². The molecule has 3 heteroatoms. The van der Waals surface area contributed by atoms with Gasteiger partial charge in [-0.15, -0.1) is 0 Å². The Morgan fingerprint density at radius 2 is 1.64 bits per heavy atom. The molecule has 1 atom stereocenters. The third kappa shape index (κ3) is 2.53. The summed E-state index contributed by atoms with van der Waals surface area (Å²) in [5, 5.41) is 10.2. The number of hydrogen-bond donors (Lipinski definition) is 1. The molecular formula is C19H16O3. The molecular weight excluding hydrogens is 276 g/mol. The lowest BCUT2D eigenvalue weighted by Gasteiger charge is -2.20. The highest BCUT2D eigenvalue weighted by Gasteiger charge is 2.25. The van der Waals surface area contributed by atoms with Crippen molar-refractivity contribution < 1.29 is 9.52 Å². The van der Waals surface area contributed by atoms with E-state index in [-0.39, 0.29) is 17.2 Å². The van der Waals surface area contributed by atoms with Gasteiger partial charge in [0.2, 0.25) is 0 Å². The molecule has 0 amide bonds. The van der Waals surface area contributed by atoms with Gasteiger partial charge in [-0.25, -0.2) is 4.79 Å². The molecule has 1 unspecified atom stereocenters. The van der Waals surface area contributed by atoms with E-state index in [0.717, 1.165) is 16.7 Å².